The lowest BCUT2D eigenvalue weighted by Crippen LogP contribution is -2.03. The highest BCUT2D eigenvalue weighted by Gasteiger charge is 2.30. The second kappa shape index (κ2) is 7.08. The minimum Gasteiger partial charge on any atom is -0.0846 e. The minimum atomic E-state index is -2.05. The SMILES string of the molecule is S=C1C=CC(P(=S)(C2=CCC(=S)C=C2)C2=CCC(=S)C=C2)=CC1. The van der Waals surface area contributed by atoms with Crippen LogP contribution in [0.3, 0.4) is 0 Å². The Morgan fingerprint density at radius 1 is 0.565 bits per heavy atom. The molecule has 3 rings (SSSR count). The predicted molar refractivity (Wildman–Crippen MR) is 118 cm³/mol. The van der Waals surface area contributed by atoms with Gasteiger partial charge < -0.3 is 0 Å². The van der Waals surface area contributed by atoms with E-state index in [9.17, 15) is 0 Å². The van der Waals surface area contributed by atoms with Crippen molar-refractivity contribution in [2.75, 3.05) is 0 Å². The van der Waals surface area contributed by atoms with Crippen molar-refractivity contribution in [2.24, 2.45) is 0 Å². The lowest BCUT2D eigenvalue weighted by atomic mass is 10.2. The van der Waals surface area contributed by atoms with Gasteiger partial charge in [-0.1, -0.05) is 84.9 Å². The summed E-state index contributed by atoms with van der Waals surface area (Å²) in [7, 11) is 0. The van der Waals surface area contributed by atoms with Gasteiger partial charge in [0.25, 0.3) is 0 Å². The molecule has 0 radical (unpaired) electrons. The van der Waals surface area contributed by atoms with Gasteiger partial charge in [-0.3, -0.25) is 0 Å². The molecule has 0 N–H and O–H groups in total. The van der Waals surface area contributed by atoms with Gasteiger partial charge in [0, 0.05) is 39.9 Å². The molecule has 0 heterocycles. The average molecular weight is 391 g/mol. The molecule has 0 unspecified atom stereocenters. The maximum Gasteiger partial charge on any atom is 0.0370 e. The third-order valence-electron chi connectivity index (χ3n) is 3.95. The summed E-state index contributed by atoms with van der Waals surface area (Å²) in [6, 6.07) is -2.05. The van der Waals surface area contributed by atoms with Crippen LogP contribution >= 0.6 is 42.7 Å². The van der Waals surface area contributed by atoms with Crippen LogP contribution in [0.15, 0.2) is 70.6 Å². The van der Waals surface area contributed by atoms with Crippen LogP contribution in [-0.2, 0) is 11.8 Å². The number of hydrogen-bond acceptors (Lipinski definition) is 4. The molecule has 0 saturated heterocycles. The molecule has 0 nitrogen and oxygen atoms in total. The zero-order chi connectivity index (χ0) is 16.4. The normalized spacial score (nSPS) is 21.2. The second-order valence-corrected chi connectivity index (χ2v) is 11.5. The molecule has 23 heavy (non-hydrogen) atoms. The van der Waals surface area contributed by atoms with Crippen molar-refractivity contribution in [3.8, 4) is 0 Å². The Bertz CT molecular complexity index is 722. The van der Waals surface area contributed by atoms with Gasteiger partial charge in [0.1, 0.15) is 0 Å². The highest BCUT2D eigenvalue weighted by molar-refractivity contribution is 8.21. The molecule has 0 aromatic rings. The van der Waals surface area contributed by atoms with Crippen molar-refractivity contribution < 1.29 is 0 Å². The van der Waals surface area contributed by atoms with Crippen LogP contribution in [0.2, 0.25) is 0 Å². The average Bonchev–Trinajstić information content (AvgIpc) is 2.56. The quantitative estimate of drug-likeness (QED) is 0.421. The van der Waals surface area contributed by atoms with Gasteiger partial charge in [0.15, 0.2) is 0 Å². The smallest absolute Gasteiger partial charge is 0.0370 e. The lowest BCUT2D eigenvalue weighted by Gasteiger charge is -2.30. The summed E-state index contributed by atoms with van der Waals surface area (Å²) in [6.07, 6.45) is 21.4. The summed E-state index contributed by atoms with van der Waals surface area (Å²) < 4.78 is 0. The van der Waals surface area contributed by atoms with E-state index >= 15 is 0 Å². The van der Waals surface area contributed by atoms with Gasteiger partial charge in [0.05, 0.1) is 0 Å². The molecule has 0 bridgehead atoms. The Kier molecular flexibility index (Phi) is 5.29. The lowest BCUT2D eigenvalue weighted by molar-refractivity contribution is 1.45. The van der Waals surface area contributed by atoms with Crippen LogP contribution in [0, 0.1) is 0 Å². The van der Waals surface area contributed by atoms with Crippen molar-refractivity contribution >= 4 is 69.1 Å². The van der Waals surface area contributed by atoms with Crippen molar-refractivity contribution in [2.45, 2.75) is 19.3 Å². The monoisotopic (exact) mass is 390 g/mol. The van der Waals surface area contributed by atoms with E-state index < -0.39 is 6.04 Å². The van der Waals surface area contributed by atoms with E-state index in [-0.39, 0.29) is 0 Å². The highest BCUT2D eigenvalue weighted by atomic mass is 32.4. The summed E-state index contributed by atoms with van der Waals surface area (Å²) in [5.41, 5.74) is 0. The molecule has 0 atom stereocenters. The van der Waals surface area contributed by atoms with E-state index in [0.717, 1.165) is 33.9 Å². The fraction of sp³-hybridized carbons (Fsp3) is 0.167. The van der Waals surface area contributed by atoms with Gasteiger partial charge >= 0.3 is 0 Å². The number of hydrogen-bond donors (Lipinski definition) is 0. The van der Waals surface area contributed by atoms with E-state index in [2.05, 4.69) is 36.5 Å². The van der Waals surface area contributed by atoms with Gasteiger partial charge in [0.2, 0.25) is 0 Å². The summed E-state index contributed by atoms with van der Waals surface area (Å²) in [5.74, 6) is 0. The first kappa shape index (κ1) is 17.2. The molecule has 3 aliphatic carbocycles. The van der Waals surface area contributed by atoms with Crippen LogP contribution in [0.4, 0.5) is 0 Å². The van der Waals surface area contributed by atoms with Gasteiger partial charge in [-0.05, 0) is 34.2 Å². The topological polar surface area (TPSA) is 0 Å². The van der Waals surface area contributed by atoms with Crippen molar-refractivity contribution in [1.82, 2.24) is 0 Å². The molecule has 0 fully saturated rings. The maximum absolute atomic E-state index is 6.30. The van der Waals surface area contributed by atoms with Crippen molar-refractivity contribution in [3.05, 3.63) is 70.6 Å². The zero-order valence-electron chi connectivity index (χ0n) is 12.4. The highest BCUT2D eigenvalue weighted by Crippen LogP contribution is 2.69. The maximum atomic E-state index is 6.30. The molecule has 0 spiro atoms. The molecule has 0 aliphatic heterocycles. The molecule has 116 valence electrons. The summed E-state index contributed by atoms with van der Waals surface area (Å²) >= 11 is 22.1. The second-order valence-electron chi connectivity index (χ2n) is 5.51. The zero-order valence-corrected chi connectivity index (χ0v) is 16.6. The molecule has 0 saturated carbocycles. The minimum absolute atomic E-state index is 0.796. The largest absolute Gasteiger partial charge is 0.0846 e. The number of allylic oxidation sites excluding steroid dienone is 12. The van der Waals surface area contributed by atoms with E-state index in [1.807, 2.05) is 18.2 Å². The summed E-state index contributed by atoms with van der Waals surface area (Å²) in [5, 5.41) is 3.65. The van der Waals surface area contributed by atoms with Gasteiger partial charge in [-0.25, -0.2) is 0 Å². The van der Waals surface area contributed by atoms with Gasteiger partial charge in [-0.2, -0.15) is 0 Å². The Balaban J connectivity index is 2.09. The Hall–Kier alpha value is -0.640. The molecule has 0 aromatic carbocycles. The molecular weight excluding hydrogens is 375 g/mol. The Labute approximate surface area is 158 Å². The predicted octanol–water partition coefficient (Wildman–Crippen LogP) is 6.11. The number of rotatable bonds is 3. The standard InChI is InChI=1S/C18H15PS4/c20-16-7-1-13(2-8-16)19(23,14-3-9-17(21)10-4-14)15-5-11-18(22)12-6-15/h1-7,9,11H,8,10,12H2. The van der Waals surface area contributed by atoms with Crippen LogP contribution < -0.4 is 0 Å². The molecular formula is C18H15PS4. The Morgan fingerprint density at radius 3 is 1.09 bits per heavy atom. The van der Waals surface area contributed by atoms with E-state index in [1.54, 1.807) is 0 Å². The third kappa shape index (κ3) is 3.57. The molecule has 5 heteroatoms. The van der Waals surface area contributed by atoms with Crippen LogP contribution in [0.5, 0.6) is 0 Å². The summed E-state index contributed by atoms with van der Waals surface area (Å²) in [4.78, 5) is 2.87. The first-order valence-corrected chi connectivity index (χ1v) is 11.4. The van der Waals surface area contributed by atoms with Crippen LogP contribution in [-0.4, -0.2) is 14.6 Å². The first-order valence-electron chi connectivity index (χ1n) is 7.35. The van der Waals surface area contributed by atoms with Gasteiger partial charge in [-0.15, -0.1) is 0 Å². The third-order valence-corrected chi connectivity index (χ3v) is 9.93. The first-order chi connectivity index (χ1) is 11.0. The molecule has 0 amide bonds. The number of thiocarbonyl (C=S) groups is 3. The van der Waals surface area contributed by atoms with Crippen molar-refractivity contribution in [3.63, 3.8) is 0 Å². The van der Waals surface area contributed by atoms with E-state index in [0.29, 0.717) is 0 Å². The van der Waals surface area contributed by atoms with Crippen LogP contribution in [0.1, 0.15) is 19.3 Å². The van der Waals surface area contributed by atoms with Crippen molar-refractivity contribution in [1.29, 1.82) is 0 Å². The van der Waals surface area contributed by atoms with E-state index in [1.165, 1.54) is 15.9 Å². The van der Waals surface area contributed by atoms with E-state index in [4.69, 9.17) is 48.5 Å². The Morgan fingerprint density at radius 2 is 0.870 bits per heavy atom. The fourth-order valence-corrected chi connectivity index (χ4v) is 7.17. The molecule has 3 aliphatic rings. The molecule has 0 aromatic heterocycles. The summed E-state index contributed by atoms with van der Waals surface area (Å²) in [6.45, 7) is 0. The fourth-order valence-electron chi connectivity index (χ4n) is 2.71. The van der Waals surface area contributed by atoms with Crippen LogP contribution in [0.25, 0.3) is 0 Å².